The van der Waals surface area contributed by atoms with Crippen molar-refractivity contribution in [2.24, 2.45) is 11.8 Å². The van der Waals surface area contributed by atoms with Gasteiger partial charge in [0.05, 0.1) is 0 Å². The number of rotatable bonds is 1. The van der Waals surface area contributed by atoms with E-state index in [1.807, 2.05) is 0 Å². The van der Waals surface area contributed by atoms with Crippen LogP contribution in [0.3, 0.4) is 0 Å². The van der Waals surface area contributed by atoms with Crippen LogP contribution in [0, 0.1) is 11.8 Å². The average Bonchev–Trinajstić information content (AvgIpc) is 2.69. The zero-order valence-corrected chi connectivity index (χ0v) is 9.17. The number of carbonyl (C=O) groups is 1. The van der Waals surface area contributed by atoms with Crippen LogP contribution < -0.4 is 0 Å². The number of carbonyl (C=O) groups excluding carboxylic acids is 1. The summed E-state index contributed by atoms with van der Waals surface area (Å²) < 4.78 is 0. The Bertz CT molecular complexity index is 208. The molecule has 0 spiro atoms. The summed E-state index contributed by atoms with van der Waals surface area (Å²) in [7, 11) is 0. The van der Waals surface area contributed by atoms with Crippen LogP contribution in [0.4, 0.5) is 0 Å². The molecular weight excluding hydrogens is 174 g/mol. The third kappa shape index (κ3) is 2.10. The molecule has 0 aromatic carbocycles. The molecule has 80 valence electrons. The molecule has 1 atom stereocenters. The molecule has 2 aliphatic rings. The van der Waals surface area contributed by atoms with Gasteiger partial charge in [-0.15, -0.1) is 0 Å². The third-order valence-corrected chi connectivity index (χ3v) is 3.67. The minimum atomic E-state index is 0.375. The summed E-state index contributed by atoms with van der Waals surface area (Å²) >= 11 is 0. The SMILES string of the molecule is CC1CCCN(C(=O)C2CCCC2)C1. The van der Waals surface area contributed by atoms with Gasteiger partial charge in [-0.1, -0.05) is 19.8 Å². The van der Waals surface area contributed by atoms with Crippen molar-refractivity contribution in [2.45, 2.75) is 45.4 Å². The Morgan fingerprint density at radius 3 is 2.50 bits per heavy atom. The first-order valence-electron chi connectivity index (χ1n) is 6.06. The van der Waals surface area contributed by atoms with Crippen molar-refractivity contribution in [3.05, 3.63) is 0 Å². The number of likely N-dealkylation sites (tertiary alicyclic amines) is 1. The van der Waals surface area contributed by atoms with Crippen LogP contribution in [0.2, 0.25) is 0 Å². The molecule has 0 bridgehead atoms. The van der Waals surface area contributed by atoms with E-state index in [0.29, 0.717) is 17.7 Å². The van der Waals surface area contributed by atoms with E-state index >= 15 is 0 Å². The molecular formula is C12H21NO. The highest BCUT2D eigenvalue weighted by Gasteiger charge is 2.29. The van der Waals surface area contributed by atoms with Gasteiger partial charge < -0.3 is 4.90 Å². The average molecular weight is 195 g/mol. The molecule has 14 heavy (non-hydrogen) atoms. The number of hydrogen-bond donors (Lipinski definition) is 0. The highest BCUT2D eigenvalue weighted by atomic mass is 16.2. The Balaban J connectivity index is 1.89. The number of nitrogens with zero attached hydrogens (tertiary/aromatic N) is 1. The van der Waals surface area contributed by atoms with Crippen molar-refractivity contribution >= 4 is 5.91 Å². The second kappa shape index (κ2) is 4.33. The van der Waals surface area contributed by atoms with Crippen molar-refractivity contribution in [1.82, 2.24) is 4.90 Å². The van der Waals surface area contributed by atoms with Crippen LogP contribution in [0.25, 0.3) is 0 Å². The smallest absolute Gasteiger partial charge is 0.225 e. The molecule has 0 aromatic rings. The van der Waals surface area contributed by atoms with E-state index in [1.165, 1.54) is 25.7 Å². The van der Waals surface area contributed by atoms with Crippen LogP contribution in [-0.2, 0) is 4.79 Å². The van der Waals surface area contributed by atoms with Gasteiger partial charge in [0.15, 0.2) is 0 Å². The molecule has 1 heterocycles. The molecule has 0 radical (unpaired) electrons. The Labute approximate surface area is 86.7 Å². The molecule has 2 heteroatoms. The van der Waals surface area contributed by atoms with E-state index in [2.05, 4.69) is 11.8 Å². The summed E-state index contributed by atoms with van der Waals surface area (Å²) in [6, 6.07) is 0. The summed E-state index contributed by atoms with van der Waals surface area (Å²) in [5.41, 5.74) is 0. The van der Waals surface area contributed by atoms with E-state index in [4.69, 9.17) is 0 Å². The molecule has 1 aliphatic carbocycles. The minimum absolute atomic E-state index is 0.375. The zero-order chi connectivity index (χ0) is 9.97. The quantitative estimate of drug-likeness (QED) is 0.629. The van der Waals surface area contributed by atoms with Crippen LogP contribution in [-0.4, -0.2) is 23.9 Å². The van der Waals surface area contributed by atoms with Gasteiger partial charge in [0.1, 0.15) is 0 Å². The van der Waals surface area contributed by atoms with E-state index in [9.17, 15) is 4.79 Å². The second-order valence-corrected chi connectivity index (χ2v) is 5.01. The van der Waals surface area contributed by atoms with E-state index in [-0.39, 0.29) is 0 Å². The fraction of sp³-hybridized carbons (Fsp3) is 0.917. The lowest BCUT2D eigenvalue weighted by Crippen LogP contribution is -2.41. The molecule has 0 aromatic heterocycles. The topological polar surface area (TPSA) is 20.3 Å². The van der Waals surface area contributed by atoms with E-state index in [0.717, 1.165) is 25.9 Å². The lowest BCUT2D eigenvalue weighted by atomic mass is 9.98. The molecule has 2 rings (SSSR count). The second-order valence-electron chi connectivity index (χ2n) is 5.01. The fourth-order valence-electron chi connectivity index (χ4n) is 2.82. The first-order chi connectivity index (χ1) is 6.77. The molecule has 1 saturated carbocycles. The molecule has 0 N–H and O–H groups in total. The van der Waals surface area contributed by atoms with Crippen molar-refractivity contribution in [3.8, 4) is 0 Å². The first kappa shape index (κ1) is 10.0. The van der Waals surface area contributed by atoms with Crippen molar-refractivity contribution in [1.29, 1.82) is 0 Å². The van der Waals surface area contributed by atoms with Crippen LogP contribution >= 0.6 is 0 Å². The van der Waals surface area contributed by atoms with Crippen molar-refractivity contribution in [3.63, 3.8) is 0 Å². The third-order valence-electron chi connectivity index (χ3n) is 3.67. The Kier molecular flexibility index (Phi) is 3.09. The van der Waals surface area contributed by atoms with Crippen LogP contribution in [0.1, 0.15) is 45.4 Å². The maximum absolute atomic E-state index is 12.1. The Hall–Kier alpha value is -0.530. The van der Waals surface area contributed by atoms with Gasteiger partial charge in [0.2, 0.25) is 5.91 Å². The van der Waals surface area contributed by atoms with Gasteiger partial charge in [-0.05, 0) is 31.6 Å². The molecule has 2 nitrogen and oxygen atoms in total. The van der Waals surface area contributed by atoms with Gasteiger partial charge in [-0.25, -0.2) is 0 Å². The summed E-state index contributed by atoms with van der Waals surface area (Å²) in [6.07, 6.45) is 7.32. The van der Waals surface area contributed by atoms with E-state index in [1.54, 1.807) is 0 Å². The van der Waals surface area contributed by atoms with Gasteiger partial charge >= 0.3 is 0 Å². The van der Waals surface area contributed by atoms with Crippen LogP contribution in [0.15, 0.2) is 0 Å². The molecule has 1 saturated heterocycles. The maximum Gasteiger partial charge on any atom is 0.225 e. The van der Waals surface area contributed by atoms with Gasteiger partial charge in [-0.2, -0.15) is 0 Å². The van der Waals surface area contributed by atoms with Gasteiger partial charge in [0.25, 0.3) is 0 Å². The number of hydrogen-bond acceptors (Lipinski definition) is 1. The highest BCUT2D eigenvalue weighted by molar-refractivity contribution is 5.79. The standard InChI is InChI=1S/C12H21NO/c1-10-5-4-8-13(9-10)12(14)11-6-2-3-7-11/h10-11H,2-9H2,1H3. The van der Waals surface area contributed by atoms with Gasteiger partial charge in [0, 0.05) is 19.0 Å². The van der Waals surface area contributed by atoms with Gasteiger partial charge in [-0.3, -0.25) is 4.79 Å². The van der Waals surface area contributed by atoms with Crippen molar-refractivity contribution < 1.29 is 4.79 Å². The summed E-state index contributed by atoms with van der Waals surface area (Å²) in [5.74, 6) is 1.54. The summed E-state index contributed by atoms with van der Waals surface area (Å²) in [4.78, 5) is 14.2. The normalized spacial score (nSPS) is 29.5. The molecule has 1 amide bonds. The molecule has 1 aliphatic heterocycles. The predicted molar refractivity (Wildman–Crippen MR) is 56.9 cm³/mol. The lowest BCUT2D eigenvalue weighted by Gasteiger charge is -2.32. The highest BCUT2D eigenvalue weighted by Crippen LogP contribution is 2.28. The monoisotopic (exact) mass is 195 g/mol. The lowest BCUT2D eigenvalue weighted by molar-refractivity contribution is -0.137. The minimum Gasteiger partial charge on any atom is -0.342 e. The number of amides is 1. The fourth-order valence-corrected chi connectivity index (χ4v) is 2.82. The summed E-state index contributed by atoms with van der Waals surface area (Å²) in [6.45, 7) is 4.28. The first-order valence-corrected chi connectivity index (χ1v) is 6.06. The zero-order valence-electron chi connectivity index (χ0n) is 9.17. The summed E-state index contributed by atoms with van der Waals surface area (Å²) in [5, 5.41) is 0. The molecule has 1 unspecified atom stereocenters. The van der Waals surface area contributed by atoms with Crippen LogP contribution in [0.5, 0.6) is 0 Å². The predicted octanol–water partition coefficient (Wildman–Crippen LogP) is 2.44. The Morgan fingerprint density at radius 2 is 1.86 bits per heavy atom. The molecule has 2 fully saturated rings. The maximum atomic E-state index is 12.1. The number of piperidine rings is 1. The largest absolute Gasteiger partial charge is 0.342 e. The Morgan fingerprint density at radius 1 is 1.14 bits per heavy atom. The van der Waals surface area contributed by atoms with Crippen molar-refractivity contribution in [2.75, 3.05) is 13.1 Å². The van der Waals surface area contributed by atoms with E-state index < -0.39 is 0 Å².